The number of hydrogen-bond donors (Lipinski definition) is 0. The average molecular weight is 292 g/mol. The zero-order valence-electron chi connectivity index (χ0n) is 14.0. The maximum absolute atomic E-state index is 2.36. The van der Waals surface area contributed by atoms with E-state index in [1.165, 1.54) is 36.8 Å². The standard InChI is InChI=1S/C22H28/c1-3-17-5-9-19(10-6-17)21-13-15-22(16-14-21)20-11-7-18(4-2)8-12-20/h5-12,21-22H,3-4,13-16H2,1-2H3. The van der Waals surface area contributed by atoms with Gasteiger partial charge in [-0.1, -0.05) is 62.4 Å². The monoisotopic (exact) mass is 292 g/mol. The topological polar surface area (TPSA) is 0 Å². The van der Waals surface area contributed by atoms with Crippen LogP contribution in [0.3, 0.4) is 0 Å². The maximum atomic E-state index is 2.36. The van der Waals surface area contributed by atoms with Gasteiger partial charge < -0.3 is 0 Å². The van der Waals surface area contributed by atoms with Gasteiger partial charge in [0.25, 0.3) is 0 Å². The molecule has 0 aliphatic heterocycles. The van der Waals surface area contributed by atoms with Crippen LogP contribution in [0.5, 0.6) is 0 Å². The third kappa shape index (κ3) is 3.43. The van der Waals surface area contributed by atoms with Crippen LogP contribution in [0.4, 0.5) is 0 Å². The number of rotatable bonds is 4. The first kappa shape index (κ1) is 15.3. The Bertz CT molecular complexity index is 513. The summed E-state index contributed by atoms with van der Waals surface area (Å²) in [4.78, 5) is 0. The summed E-state index contributed by atoms with van der Waals surface area (Å²) in [5, 5.41) is 0. The molecule has 0 N–H and O–H groups in total. The summed E-state index contributed by atoms with van der Waals surface area (Å²) in [7, 11) is 0. The Morgan fingerprint density at radius 3 is 1.18 bits per heavy atom. The predicted molar refractivity (Wildman–Crippen MR) is 95.6 cm³/mol. The van der Waals surface area contributed by atoms with Crippen molar-refractivity contribution in [1.82, 2.24) is 0 Å². The first-order chi connectivity index (χ1) is 10.8. The molecular formula is C22H28. The van der Waals surface area contributed by atoms with E-state index in [1.807, 2.05) is 0 Å². The van der Waals surface area contributed by atoms with Crippen LogP contribution < -0.4 is 0 Å². The van der Waals surface area contributed by atoms with E-state index in [4.69, 9.17) is 0 Å². The van der Waals surface area contributed by atoms with Crippen molar-refractivity contribution in [3.05, 3.63) is 70.8 Å². The van der Waals surface area contributed by atoms with Crippen molar-refractivity contribution in [2.24, 2.45) is 0 Å². The van der Waals surface area contributed by atoms with Crippen molar-refractivity contribution in [1.29, 1.82) is 0 Å². The molecule has 0 saturated heterocycles. The summed E-state index contributed by atoms with van der Waals surface area (Å²) in [6.45, 7) is 4.45. The fourth-order valence-electron chi connectivity index (χ4n) is 3.81. The maximum Gasteiger partial charge on any atom is -0.0162 e. The molecule has 0 atom stereocenters. The van der Waals surface area contributed by atoms with Gasteiger partial charge in [0.1, 0.15) is 0 Å². The van der Waals surface area contributed by atoms with Crippen molar-refractivity contribution in [2.45, 2.75) is 64.2 Å². The van der Waals surface area contributed by atoms with Crippen LogP contribution in [-0.4, -0.2) is 0 Å². The van der Waals surface area contributed by atoms with Gasteiger partial charge in [0.05, 0.1) is 0 Å². The minimum Gasteiger partial charge on any atom is -0.0613 e. The van der Waals surface area contributed by atoms with Gasteiger partial charge >= 0.3 is 0 Å². The molecule has 1 aliphatic rings. The lowest BCUT2D eigenvalue weighted by Crippen LogP contribution is -2.12. The van der Waals surface area contributed by atoms with Gasteiger partial charge in [0.15, 0.2) is 0 Å². The summed E-state index contributed by atoms with van der Waals surface area (Å²) >= 11 is 0. The molecule has 116 valence electrons. The summed E-state index contributed by atoms with van der Waals surface area (Å²) in [6, 6.07) is 18.7. The fourth-order valence-corrected chi connectivity index (χ4v) is 3.81. The van der Waals surface area contributed by atoms with Crippen LogP contribution in [0, 0.1) is 0 Å². The van der Waals surface area contributed by atoms with E-state index in [1.54, 1.807) is 11.1 Å². The van der Waals surface area contributed by atoms with Gasteiger partial charge in [-0.25, -0.2) is 0 Å². The van der Waals surface area contributed by atoms with Gasteiger partial charge in [-0.15, -0.1) is 0 Å². The SMILES string of the molecule is CCc1ccc(C2CCC(c3ccc(CC)cc3)CC2)cc1. The van der Waals surface area contributed by atoms with Gasteiger partial charge in [-0.3, -0.25) is 0 Å². The average Bonchev–Trinajstić information content (AvgIpc) is 2.62. The quantitative estimate of drug-likeness (QED) is 0.624. The highest BCUT2D eigenvalue weighted by Crippen LogP contribution is 2.40. The van der Waals surface area contributed by atoms with Crippen molar-refractivity contribution in [2.75, 3.05) is 0 Å². The molecule has 2 aromatic carbocycles. The molecule has 1 saturated carbocycles. The van der Waals surface area contributed by atoms with Gasteiger partial charge in [0.2, 0.25) is 0 Å². The lowest BCUT2D eigenvalue weighted by molar-refractivity contribution is 0.396. The molecule has 0 heterocycles. The van der Waals surface area contributed by atoms with E-state index in [0.717, 1.165) is 24.7 Å². The second-order valence-electron chi connectivity index (χ2n) is 6.74. The van der Waals surface area contributed by atoms with Crippen LogP contribution in [0.25, 0.3) is 0 Å². The van der Waals surface area contributed by atoms with Crippen LogP contribution in [-0.2, 0) is 12.8 Å². The molecule has 1 fully saturated rings. The zero-order chi connectivity index (χ0) is 15.4. The molecule has 0 aromatic heterocycles. The summed E-state index contributed by atoms with van der Waals surface area (Å²) in [5.41, 5.74) is 6.01. The largest absolute Gasteiger partial charge is 0.0613 e. The van der Waals surface area contributed by atoms with Crippen molar-refractivity contribution < 1.29 is 0 Å². The molecule has 1 aliphatic carbocycles. The van der Waals surface area contributed by atoms with E-state index in [9.17, 15) is 0 Å². The summed E-state index contributed by atoms with van der Waals surface area (Å²) in [5.74, 6) is 1.55. The number of hydrogen-bond acceptors (Lipinski definition) is 0. The Balaban J connectivity index is 1.61. The summed E-state index contributed by atoms with van der Waals surface area (Å²) < 4.78 is 0. The molecule has 0 amide bonds. The van der Waals surface area contributed by atoms with Gasteiger partial charge in [-0.2, -0.15) is 0 Å². The highest BCUT2D eigenvalue weighted by atomic mass is 14.3. The predicted octanol–water partition coefficient (Wildman–Crippen LogP) is 6.25. The van der Waals surface area contributed by atoms with Crippen LogP contribution in [0.15, 0.2) is 48.5 Å². The molecule has 0 heteroatoms. The minimum absolute atomic E-state index is 0.775. The molecule has 3 rings (SSSR count). The van der Waals surface area contributed by atoms with E-state index in [-0.39, 0.29) is 0 Å². The Morgan fingerprint density at radius 2 is 0.909 bits per heavy atom. The zero-order valence-corrected chi connectivity index (χ0v) is 14.0. The van der Waals surface area contributed by atoms with E-state index in [2.05, 4.69) is 62.4 Å². The fraction of sp³-hybridized carbons (Fsp3) is 0.455. The van der Waals surface area contributed by atoms with Crippen molar-refractivity contribution in [3.63, 3.8) is 0 Å². The van der Waals surface area contributed by atoms with E-state index >= 15 is 0 Å². The molecule has 0 nitrogen and oxygen atoms in total. The summed E-state index contributed by atoms with van der Waals surface area (Å²) in [6.07, 6.45) is 7.64. The van der Waals surface area contributed by atoms with Crippen LogP contribution >= 0.6 is 0 Å². The Morgan fingerprint density at radius 1 is 0.591 bits per heavy atom. The molecule has 22 heavy (non-hydrogen) atoms. The van der Waals surface area contributed by atoms with Gasteiger partial charge in [0, 0.05) is 0 Å². The second-order valence-corrected chi connectivity index (χ2v) is 6.74. The normalized spacial score (nSPS) is 21.7. The molecule has 0 radical (unpaired) electrons. The first-order valence-electron chi connectivity index (χ1n) is 8.97. The third-order valence-corrected chi connectivity index (χ3v) is 5.45. The van der Waals surface area contributed by atoms with Crippen molar-refractivity contribution >= 4 is 0 Å². The molecule has 2 aromatic rings. The molecule has 0 bridgehead atoms. The molecule has 0 unspecified atom stereocenters. The smallest absolute Gasteiger partial charge is 0.0162 e. The Hall–Kier alpha value is -1.56. The lowest BCUT2D eigenvalue weighted by atomic mass is 9.76. The first-order valence-corrected chi connectivity index (χ1v) is 8.97. The van der Waals surface area contributed by atoms with Gasteiger partial charge in [-0.05, 0) is 72.6 Å². The van der Waals surface area contributed by atoms with Crippen LogP contribution in [0.1, 0.15) is 73.6 Å². The highest BCUT2D eigenvalue weighted by molar-refractivity contribution is 5.28. The van der Waals surface area contributed by atoms with E-state index < -0.39 is 0 Å². The highest BCUT2D eigenvalue weighted by Gasteiger charge is 2.23. The Kier molecular flexibility index (Phi) is 4.97. The second kappa shape index (κ2) is 7.13. The third-order valence-electron chi connectivity index (χ3n) is 5.45. The minimum atomic E-state index is 0.775. The number of benzene rings is 2. The van der Waals surface area contributed by atoms with Crippen LogP contribution in [0.2, 0.25) is 0 Å². The van der Waals surface area contributed by atoms with E-state index in [0.29, 0.717) is 0 Å². The lowest BCUT2D eigenvalue weighted by Gasteiger charge is -2.29. The molecular weight excluding hydrogens is 264 g/mol. The van der Waals surface area contributed by atoms with Crippen molar-refractivity contribution in [3.8, 4) is 0 Å². The number of aryl methyl sites for hydroxylation is 2. The molecule has 0 spiro atoms. The Labute approximate surface area is 135 Å².